The molecule has 0 aliphatic heterocycles. The van der Waals surface area contributed by atoms with Crippen LogP contribution < -0.4 is 30.4 Å². The molecule has 29 heavy (non-hydrogen) atoms. The number of carbonyl (C=O) groups excluding carboxylic acids is 2. The molecule has 2 aromatic carbocycles. The third kappa shape index (κ3) is 7.65. The Balaban J connectivity index is 1.69. The number of thiocarbonyl (C=S) groups is 1. The van der Waals surface area contributed by atoms with Gasteiger partial charge < -0.3 is 14.2 Å². The number of para-hydroxylation sites is 2. The molecule has 2 aromatic rings. The number of hydrazine groups is 1. The van der Waals surface area contributed by atoms with Gasteiger partial charge in [0.15, 0.2) is 29.8 Å². The van der Waals surface area contributed by atoms with Crippen LogP contribution in [0.5, 0.6) is 17.2 Å². The summed E-state index contributed by atoms with van der Waals surface area (Å²) in [5.41, 5.74) is 4.68. The smallest absolute Gasteiger partial charge is 0.276 e. The van der Waals surface area contributed by atoms with Gasteiger partial charge in [-0.25, -0.2) is 0 Å². The van der Waals surface area contributed by atoms with Crippen LogP contribution in [0.1, 0.15) is 0 Å². The number of benzene rings is 2. The molecule has 0 saturated heterocycles. The molecular weight excluding hydrogens is 441 g/mol. The molecule has 0 bridgehead atoms. The number of nitrogens with one attached hydrogen (secondary N) is 3. The third-order valence-corrected chi connectivity index (χ3v) is 3.98. The van der Waals surface area contributed by atoms with E-state index in [4.69, 9.17) is 49.6 Å². The number of ether oxygens (including phenoxy) is 3. The summed E-state index contributed by atoms with van der Waals surface area (Å²) in [6.45, 7) is -0.629. The summed E-state index contributed by atoms with van der Waals surface area (Å²) in [6, 6.07) is 11.5. The highest BCUT2D eigenvalue weighted by Gasteiger charge is 2.10. The lowest BCUT2D eigenvalue weighted by atomic mass is 10.3. The Morgan fingerprint density at radius 1 is 0.931 bits per heavy atom. The van der Waals surface area contributed by atoms with Crippen molar-refractivity contribution < 1.29 is 23.8 Å². The van der Waals surface area contributed by atoms with Gasteiger partial charge in [-0.05, 0) is 42.5 Å². The molecule has 0 aromatic heterocycles. The zero-order valence-electron chi connectivity index (χ0n) is 15.2. The first-order chi connectivity index (χ1) is 13.9. The lowest BCUT2D eigenvalue weighted by Gasteiger charge is -2.13. The first-order valence-corrected chi connectivity index (χ1v) is 9.27. The average molecular weight is 458 g/mol. The van der Waals surface area contributed by atoms with E-state index in [9.17, 15) is 9.59 Å². The molecule has 2 rings (SSSR count). The van der Waals surface area contributed by atoms with Crippen molar-refractivity contribution in [3.63, 3.8) is 0 Å². The lowest BCUT2D eigenvalue weighted by Crippen LogP contribution is -2.50. The van der Waals surface area contributed by atoms with E-state index < -0.39 is 11.8 Å². The van der Waals surface area contributed by atoms with Crippen molar-refractivity contribution in [3.8, 4) is 17.2 Å². The van der Waals surface area contributed by atoms with Crippen LogP contribution in [0.3, 0.4) is 0 Å². The van der Waals surface area contributed by atoms with E-state index in [1.54, 1.807) is 30.3 Å². The van der Waals surface area contributed by atoms with Gasteiger partial charge in [0, 0.05) is 5.02 Å². The summed E-state index contributed by atoms with van der Waals surface area (Å²) < 4.78 is 15.8. The maximum atomic E-state index is 11.8. The summed E-state index contributed by atoms with van der Waals surface area (Å²) in [4.78, 5) is 23.7. The van der Waals surface area contributed by atoms with Gasteiger partial charge in [0.2, 0.25) is 0 Å². The number of hydrogen-bond donors (Lipinski definition) is 3. The third-order valence-electron chi connectivity index (χ3n) is 3.25. The lowest BCUT2D eigenvalue weighted by molar-refractivity contribution is -0.124. The number of hydrogen-bond acceptors (Lipinski definition) is 6. The molecule has 0 saturated carbocycles. The van der Waals surface area contributed by atoms with Crippen LogP contribution in [0.2, 0.25) is 10.0 Å². The Hall–Kier alpha value is -2.75. The summed E-state index contributed by atoms with van der Waals surface area (Å²) in [7, 11) is 1.50. The molecular formula is C18H17Cl2N3O5S. The normalized spacial score (nSPS) is 9.90. The second kappa shape index (κ2) is 11.3. The van der Waals surface area contributed by atoms with Crippen LogP contribution >= 0.6 is 35.4 Å². The SMILES string of the molecule is COc1ccccc1OCC(=O)NNC(=S)NC(=O)COc1ccc(Cl)cc1Cl. The van der Waals surface area contributed by atoms with Crippen molar-refractivity contribution in [3.05, 3.63) is 52.5 Å². The molecule has 11 heteroatoms. The van der Waals surface area contributed by atoms with Crippen LogP contribution in [0.25, 0.3) is 0 Å². The van der Waals surface area contributed by atoms with Gasteiger partial charge in [-0.1, -0.05) is 35.3 Å². The number of rotatable bonds is 7. The van der Waals surface area contributed by atoms with Crippen LogP contribution in [-0.4, -0.2) is 37.3 Å². The number of carbonyl (C=O) groups is 2. The van der Waals surface area contributed by atoms with Gasteiger partial charge in [-0.2, -0.15) is 0 Å². The molecule has 0 unspecified atom stereocenters. The van der Waals surface area contributed by atoms with E-state index in [0.29, 0.717) is 22.3 Å². The minimum absolute atomic E-state index is 0.119. The maximum absolute atomic E-state index is 11.8. The Morgan fingerprint density at radius 2 is 1.59 bits per heavy atom. The van der Waals surface area contributed by atoms with Gasteiger partial charge in [0.25, 0.3) is 11.8 Å². The van der Waals surface area contributed by atoms with Crippen molar-refractivity contribution in [2.75, 3.05) is 20.3 Å². The van der Waals surface area contributed by atoms with Gasteiger partial charge in [0.1, 0.15) is 5.75 Å². The standard InChI is InChI=1S/C18H17Cl2N3O5S/c1-26-14-4-2-3-5-15(14)28-10-17(25)22-23-18(29)21-16(24)9-27-13-7-6-11(19)8-12(13)20/h2-8H,9-10H2,1H3,(H,22,25)(H2,21,23,24,29). The molecule has 154 valence electrons. The Bertz CT molecular complexity index is 898. The van der Waals surface area contributed by atoms with Gasteiger partial charge in [0.05, 0.1) is 12.1 Å². The highest BCUT2D eigenvalue weighted by Crippen LogP contribution is 2.27. The molecule has 0 aliphatic carbocycles. The Morgan fingerprint density at radius 3 is 2.28 bits per heavy atom. The van der Waals surface area contributed by atoms with Gasteiger partial charge >= 0.3 is 0 Å². The monoisotopic (exact) mass is 457 g/mol. The Labute approximate surface area is 182 Å². The van der Waals surface area contributed by atoms with Gasteiger partial charge in [-0.3, -0.25) is 25.8 Å². The molecule has 3 N–H and O–H groups in total. The fourth-order valence-corrected chi connectivity index (χ4v) is 2.60. The molecule has 0 heterocycles. The second-order valence-electron chi connectivity index (χ2n) is 5.35. The van der Waals surface area contributed by atoms with Gasteiger partial charge in [-0.15, -0.1) is 0 Å². The number of amides is 2. The van der Waals surface area contributed by atoms with Crippen molar-refractivity contribution >= 4 is 52.3 Å². The van der Waals surface area contributed by atoms with Crippen LogP contribution in [0.15, 0.2) is 42.5 Å². The first-order valence-electron chi connectivity index (χ1n) is 8.11. The first kappa shape index (κ1) is 22.5. The topological polar surface area (TPSA) is 97.9 Å². The minimum Gasteiger partial charge on any atom is -0.493 e. The number of halogens is 2. The molecule has 0 atom stereocenters. The molecule has 0 aliphatic rings. The molecule has 0 radical (unpaired) electrons. The maximum Gasteiger partial charge on any atom is 0.276 e. The molecule has 0 spiro atoms. The van der Waals surface area contributed by atoms with Crippen molar-refractivity contribution in [1.29, 1.82) is 0 Å². The van der Waals surface area contributed by atoms with Crippen molar-refractivity contribution in [2.24, 2.45) is 0 Å². The van der Waals surface area contributed by atoms with E-state index in [2.05, 4.69) is 16.2 Å². The summed E-state index contributed by atoms with van der Waals surface area (Å²) in [6.07, 6.45) is 0. The predicted octanol–water partition coefficient (Wildman–Crippen LogP) is 2.48. The summed E-state index contributed by atoms with van der Waals surface area (Å²) in [5.74, 6) is 0.146. The van der Waals surface area contributed by atoms with E-state index in [-0.39, 0.29) is 23.3 Å². The zero-order chi connectivity index (χ0) is 21.2. The quantitative estimate of drug-likeness (QED) is 0.433. The summed E-state index contributed by atoms with van der Waals surface area (Å²) >= 11 is 16.7. The van der Waals surface area contributed by atoms with Crippen LogP contribution in [-0.2, 0) is 9.59 Å². The van der Waals surface area contributed by atoms with Crippen LogP contribution in [0, 0.1) is 0 Å². The van der Waals surface area contributed by atoms with Crippen molar-refractivity contribution in [2.45, 2.75) is 0 Å². The van der Waals surface area contributed by atoms with E-state index >= 15 is 0 Å². The molecule has 2 amide bonds. The van der Waals surface area contributed by atoms with E-state index in [0.717, 1.165) is 0 Å². The largest absolute Gasteiger partial charge is 0.493 e. The van der Waals surface area contributed by atoms with E-state index in [1.165, 1.54) is 19.2 Å². The average Bonchev–Trinajstić information content (AvgIpc) is 2.70. The predicted molar refractivity (Wildman–Crippen MR) is 112 cm³/mol. The Kier molecular flexibility index (Phi) is 8.78. The fraction of sp³-hybridized carbons (Fsp3) is 0.167. The fourth-order valence-electron chi connectivity index (χ4n) is 1.97. The summed E-state index contributed by atoms with van der Waals surface area (Å²) in [5, 5.41) is 2.94. The number of methoxy groups -OCH3 is 1. The minimum atomic E-state index is -0.548. The highest BCUT2D eigenvalue weighted by atomic mass is 35.5. The zero-order valence-corrected chi connectivity index (χ0v) is 17.5. The molecule has 0 fully saturated rings. The molecule has 8 nitrogen and oxygen atoms in total. The highest BCUT2D eigenvalue weighted by molar-refractivity contribution is 7.80. The van der Waals surface area contributed by atoms with E-state index in [1.807, 2.05) is 0 Å². The van der Waals surface area contributed by atoms with Crippen molar-refractivity contribution in [1.82, 2.24) is 16.2 Å². The second-order valence-corrected chi connectivity index (χ2v) is 6.61. The van der Waals surface area contributed by atoms with Crippen LogP contribution in [0.4, 0.5) is 0 Å².